The Balaban J connectivity index is 1.19. The van der Waals surface area contributed by atoms with Crippen LogP contribution in [0.1, 0.15) is 39.3 Å². The number of benzene rings is 3. The summed E-state index contributed by atoms with van der Waals surface area (Å²) in [5, 5.41) is 12.6. The highest BCUT2D eigenvalue weighted by Gasteiger charge is 2.25. The summed E-state index contributed by atoms with van der Waals surface area (Å²) in [6, 6.07) is 21.9. The number of nitrogens with one attached hydrogen (secondary N) is 4. The van der Waals surface area contributed by atoms with E-state index in [4.69, 9.17) is 9.26 Å². The Bertz CT molecular complexity index is 1930. The first-order valence-electron chi connectivity index (χ1n) is 16.3. The number of hydrogen-bond donors (Lipinski definition) is 4. The van der Waals surface area contributed by atoms with Gasteiger partial charge < -0.3 is 35.1 Å². The number of carbonyl (C=O) groups excluding carboxylic acids is 4. The number of carbonyl (C=O) groups is 4. The van der Waals surface area contributed by atoms with E-state index in [2.05, 4.69) is 36.1 Å². The molecule has 256 valence electrons. The molecular formula is C36H36N8O6. The molecule has 1 atom stereocenters. The van der Waals surface area contributed by atoms with Gasteiger partial charge >= 0.3 is 0 Å². The van der Waals surface area contributed by atoms with Crippen molar-refractivity contribution in [2.75, 3.05) is 32.8 Å². The molecule has 0 fully saturated rings. The van der Waals surface area contributed by atoms with E-state index >= 15 is 0 Å². The molecule has 14 heteroatoms. The van der Waals surface area contributed by atoms with Gasteiger partial charge in [-0.25, -0.2) is 4.98 Å². The van der Waals surface area contributed by atoms with Crippen LogP contribution >= 0.6 is 0 Å². The molecule has 1 aliphatic rings. The van der Waals surface area contributed by atoms with Crippen LogP contribution in [0.4, 0.5) is 0 Å². The highest BCUT2D eigenvalue weighted by atomic mass is 16.5. The Labute approximate surface area is 287 Å². The molecule has 2 bridgehead atoms. The first-order valence-corrected chi connectivity index (χ1v) is 16.3. The van der Waals surface area contributed by atoms with E-state index in [-0.39, 0.29) is 62.8 Å². The molecule has 14 nitrogen and oxygen atoms in total. The maximum absolute atomic E-state index is 14.1. The number of aromatic nitrogens is 4. The Hall–Kier alpha value is -6.31. The van der Waals surface area contributed by atoms with Crippen LogP contribution in [0.5, 0.6) is 5.75 Å². The van der Waals surface area contributed by atoms with Crippen LogP contribution < -0.4 is 20.7 Å². The van der Waals surface area contributed by atoms with Crippen molar-refractivity contribution in [2.24, 2.45) is 0 Å². The number of aromatic amines is 1. The number of H-pyrrole nitrogens is 1. The summed E-state index contributed by atoms with van der Waals surface area (Å²) in [7, 11) is 0. The predicted octanol–water partition coefficient (Wildman–Crippen LogP) is 3.02. The van der Waals surface area contributed by atoms with Gasteiger partial charge in [-0.1, -0.05) is 53.7 Å². The molecule has 50 heavy (non-hydrogen) atoms. The Morgan fingerprint density at radius 2 is 1.72 bits per heavy atom. The zero-order valence-corrected chi connectivity index (χ0v) is 27.1. The molecular weight excluding hydrogens is 640 g/mol. The fourth-order valence-corrected chi connectivity index (χ4v) is 5.46. The number of ether oxygens (including phenoxy) is 1. The van der Waals surface area contributed by atoms with E-state index in [0.717, 1.165) is 5.56 Å². The predicted molar refractivity (Wildman–Crippen MR) is 182 cm³/mol. The van der Waals surface area contributed by atoms with Crippen LogP contribution in [0.15, 0.2) is 95.9 Å². The van der Waals surface area contributed by atoms with Crippen molar-refractivity contribution in [3.63, 3.8) is 0 Å². The Morgan fingerprint density at radius 3 is 2.56 bits per heavy atom. The van der Waals surface area contributed by atoms with Gasteiger partial charge in [0.05, 0.1) is 30.5 Å². The number of imidazole rings is 1. The van der Waals surface area contributed by atoms with Gasteiger partial charge in [0.2, 0.25) is 17.6 Å². The lowest BCUT2D eigenvalue weighted by atomic mass is 10.1. The normalized spacial score (nSPS) is 16.5. The van der Waals surface area contributed by atoms with Crippen LogP contribution in [0.3, 0.4) is 0 Å². The summed E-state index contributed by atoms with van der Waals surface area (Å²) >= 11 is 0. The van der Waals surface area contributed by atoms with Crippen molar-refractivity contribution in [3.8, 4) is 28.6 Å². The molecule has 0 spiro atoms. The van der Waals surface area contributed by atoms with Gasteiger partial charge in [-0.2, -0.15) is 4.98 Å². The second-order valence-electron chi connectivity index (χ2n) is 11.6. The maximum Gasteiger partial charge on any atom is 0.259 e. The van der Waals surface area contributed by atoms with Gasteiger partial charge in [0.25, 0.3) is 17.7 Å². The summed E-state index contributed by atoms with van der Waals surface area (Å²) < 4.78 is 11.4. The van der Waals surface area contributed by atoms with Gasteiger partial charge in [-0.3, -0.25) is 19.2 Å². The van der Waals surface area contributed by atoms with E-state index < -0.39 is 11.9 Å². The van der Waals surface area contributed by atoms with Gasteiger partial charge in [-0.15, -0.1) is 0 Å². The lowest BCUT2D eigenvalue weighted by Gasteiger charge is -2.23. The molecule has 0 saturated heterocycles. The largest absolute Gasteiger partial charge is 0.492 e. The van der Waals surface area contributed by atoms with Crippen LogP contribution in [-0.2, 0) is 16.0 Å². The van der Waals surface area contributed by atoms with Crippen LogP contribution in [-0.4, -0.2) is 87.5 Å². The van der Waals surface area contributed by atoms with Gasteiger partial charge in [0, 0.05) is 42.5 Å². The minimum absolute atomic E-state index is 0.124. The molecule has 0 radical (unpaired) electrons. The van der Waals surface area contributed by atoms with E-state index in [1.807, 2.05) is 30.3 Å². The summed E-state index contributed by atoms with van der Waals surface area (Å²) in [6.07, 6.45) is 4.29. The standard InChI is InChI=1S/C36H36N8O6/c45-31-22-44(36(48)29-14-5-4-13-28(29)35-42-32(43-50-35)24-9-2-1-3-10-24)17-7-6-15-39-34(47)30(20-26-21-37-23-40-26)41-33(46)25-11-8-12-27(19-25)49-18-16-38-31/h1-5,8-14,19,21,23,30H,6-7,15-18,20,22H2,(H,37,40)(H,38,45)(H,39,47)(H,41,46)/t30-/m0/s1. The van der Waals surface area contributed by atoms with Crippen molar-refractivity contribution in [2.45, 2.75) is 25.3 Å². The number of nitrogens with zero attached hydrogens (tertiary/aromatic N) is 4. The van der Waals surface area contributed by atoms with Crippen LogP contribution in [0.25, 0.3) is 22.8 Å². The zero-order chi connectivity index (χ0) is 34.7. The second-order valence-corrected chi connectivity index (χ2v) is 11.6. The highest BCUT2D eigenvalue weighted by Crippen LogP contribution is 2.26. The molecule has 1 aliphatic heterocycles. The molecule has 0 aliphatic carbocycles. The van der Waals surface area contributed by atoms with Gasteiger partial charge in [0.15, 0.2) is 0 Å². The van der Waals surface area contributed by atoms with Crippen molar-refractivity contribution < 1.29 is 28.4 Å². The quantitative estimate of drug-likeness (QED) is 0.217. The molecule has 3 heterocycles. The maximum atomic E-state index is 14.1. The number of amides is 4. The smallest absolute Gasteiger partial charge is 0.259 e. The Kier molecular flexibility index (Phi) is 10.9. The average molecular weight is 677 g/mol. The van der Waals surface area contributed by atoms with E-state index in [9.17, 15) is 19.2 Å². The van der Waals surface area contributed by atoms with Crippen LogP contribution in [0.2, 0.25) is 0 Å². The summed E-state index contributed by atoms with van der Waals surface area (Å²) in [6.45, 7) is 0.597. The van der Waals surface area contributed by atoms with Crippen molar-refractivity contribution in [3.05, 3.63) is 108 Å². The first kappa shape index (κ1) is 33.6. The zero-order valence-electron chi connectivity index (χ0n) is 27.1. The lowest BCUT2D eigenvalue weighted by Crippen LogP contribution is -2.48. The summed E-state index contributed by atoms with van der Waals surface area (Å²) in [5.41, 5.74) is 2.51. The van der Waals surface area contributed by atoms with Crippen molar-refractivity contribution >= 4 is 23.6 Å². The molecule has 3 aromatic carbocycles. The van der Waals surface area contributed by atoms with Gasteiger partial charge in [0.1, 0.15) is 18.4 Å². The Morgan fingerprint density at radius 1 is 0.900 bits per heavy atom. The third-order valence-corrected chi connectivity index (χ3v) is 8.01. The second kappa shape index (κ2) is 16.2. The van der Waals surface area contributed by atoms with Crippen molar-refractivity contribution in [1.29, 1.82) is 0 Å². The molecule has 4 amide bonds. The number of hydrogen-bond acceptors (Lipinski definition) is 9. The van der Waals surface area contributed by atoms with Gasteiger partial charge in [-0.05, 0) is 43.2 Å². The molecule has 6 rings (SSSR count). The highest BCUT2D eigenvalue weighted by molar-refractivity contribution is 6.01. The SMILES string of the molecule is O=C1CN(C(=O)c2ccccc2-c2nc(-c3ccccc3)no2)CCCCNC(=O)[C@H](Cc2cnc[nH]2)NC(=O)c2cccc(c2)OCCN1. The number of rotatable bonds is 5. The molecule has 2 aromatic heterocycles. The average Bonchev–Trinajstić information content (AvgIpc) is 3.85. The van der Waals surface area contributed by atoms with Crippen LogP contribution in [0, 0.1) is 0 Å². The number of fused-ring (bicyclic) bond motifs is 2. The van der Waals surface area contributed by atoms with E-state index in [1.54, 1.807) is 54.7 Å². The molecule has 0 unspecified atom stereocenters. The van der Waals surface area contributed by atoms with Crippen molar-refractivity contribution in [1.82, 2.24) is 41.0 Å². The minimum atomic E-state index is -0.877. The minimum Gasteiger partial charge on any atom is -0.492 e. The van der Waals surface area contributed by atoms with E-state index in [0.29, 0.717) is 46.8 Å². The molecule has 4 N–H and O–H groups in total. The third kappa shape index (κ3) is 8.58. The summed E-state index contributed by atoms with van der Waals surface area (Å²) in [5.74, 6) is -0.581. The molecule has 5 aromatic rings. The molecule has 0 saturated carbocycles. The lowest BCUT2D eigenvalue weighted by molar-refractivity contribution is -0.123. The fraction of sp³-hybridized carbons (Fsp3) is 0.250. The first-order chi connectivity index (χ1) is 24.4. The topological polar surface area (TPSA) is 184 Å². The van der Waals surface area contributed by atoms with E-state index in [1.165, 1.54) is 11.2 Å². The third-order valence-electron chi connectivity index (χ3n) is 8.01. The summed E-state index contributed by atoms with van der Waals surface area (Å²) in [4.78, 5) is 66.6. The monoisotopic (exact) mass is 676 g/mol. The fourth-order valence-electron chi connectivity index (χ4n) is 5.46.